The number of rotatable bonds is 7. The van der Waals surface area contributed by atoms with Crippen molar-refractivity contribution in [3.05, 3.63) is 30.1 Å². The molecule has 0 spiro atoms. The fourth-order valence-electron chi connectivity index (χ4n) is 1.35. The van der Waals surface area contributed by atoms with Gasteiger partial charge in [-0.2, -0.15) is 0 Å². The second-order valence-corrected chi connectivity index (χ2v) is 5.44. The Balaban J connectivity index is 2.49. The zero-order valence-corrected chi connectivity index (χ0v) is 11.2. The van der Waals surface area contributed by atoms with Crippen molar-refractivity contribution in [3.63, 3.8) is 0 Å². The molecule has 0 aromatic heterocycles. The molecular weight excluding hydrogens is 237 g/mol. The third kappa shape index (κ3) is 5.06. The van der Waals surface area contributed by atoms with Crippen molar-refractivity contribution in [1.29, 1.82) is 0 Å². The van der Waals surface area contributed by atoms with Crippen LogP contribution in [0.1, 0.15) is 20.3 Å². The molecule has 0 saturated heterocycles. The van der Waals surface area contributed by atoms with Crippen molar-refractivity contribution in [1.82, 2.24) is 5.32 Å². The molecule has 0 aliphatic rings. The summed E-state index contributed by atoms with van der Waals surface area (Å²) >= 11 is 1.62. The van der Waals surface area contributed by atoms with Gasteiger partial charge < -0.3 is 10.4 Å². The van der Waals surface area contributed by atoms with Crippen LogP contribution in [0.2, 0.25) is 0 Å². The lowest BCUT2D eigenvalue weighted by Crippen LogP contribution is -2.48. The van der Waals surface area contributed by atoms with E-state index in [1.54, 1.807) is 23.9 Å². The smallest absolute Gasteiger partial charge is 0.123 e. The Bertz CT molecular complexity index is 331. The molecule has 1 atom stereocenters. The van der Waals surface area contributed by atoms with Crippen molar-refractivity contribution in [2.24, 2.45) is 0 Å². The first-order chi connectivity index (χ1) is 8.09. The van der Waals surface area contributed by atoms with Crippen LogP contribution in [0.5, 0.6) is 0 Å². The first kappa shape index (κ1) is 14.5. The monoisotopic (exact) mass is 257 g/mol. The Morgan fingerprint density at radius 1 is 1.35 bits per heavy atom. The van der Waals surface area contributed by atoms with Gasteiger partial charge in [0, 0.05) is 16.2 Å². The molecule has 1 unspecified atom stereocenters. The zero-order chi connectivity index (χ0) is 12.7. The number of hydrogen-bond donors (Lipinski definition) is 2. The molecule has 0 bridgehead atoms. The Kier molecular flexibility index (Phi) is 5.95. The van der Waals surface area contributed by atoms with Crippen molar-refractivity contribution in [3.8, 4) is 0 Å². The minimum atomic E-state index is -0.283. The number of hydrogen-bond acceptors (Lipinski definition) is 3. The summed E-state index contributed by atoms with van der Waals surface area (Å²) in [5.74, 6) is 0.540. The summed E-state index contributed by atoms with van der Waals surface area (Å²) in [6.07, 6.45) is 1.04. The highest BCUT2D eigenvalue weighted by Gasteiger charge is 2.22. The number of thioether (sulfide) groups is 1. The van der Waals surface area contributed by atoms with E-state index in [0.717, 1.165) is 23.6 Å². The topological polar surface area (TPSA) is 32.3 Å². The first-order valence-corrected chi connectivity index (χ1v) is 6.82. The standard InChI is InChI=1S/C13H20FNOS/c1-3-8-15-13(2,9-16)10-17-12-6-4-11(14)5-7-12/h4-7,15-16H,3,8-10H2,1-2H3. The van der Waals surface area contributed by atoms with E-state index in [1.807, 2.05) is 6.92 Å². The summed E-state index contributed by atoms with van der Waals surface area (Å²) in [7, 11) is 0. The van der Waals surface area contributed by atoms with Crippen molar-refractivity contribution >= 4 is 11.8 Å². The van der Waals surface area contributed by atoms with E-state index in [1.165, 1.54) is 12.1 Å². The molecule has 1 rings (SSSR count). The summed E-state index contributed by atoms with van der Waals surface area (Å²) in [6.45, 7) is 5.08. The van der Waals surface area contributed by atoms with E-state index >= 15 is 0 Å². The fraction of sp³-hybridized carbons (Fsp3) is 0.538. The summed E-state index contributed by atoms with van der Waals surface area (Å²) in [5.41, 5.74) is -0.283. The minimum Gasteiger partial charge on any atom is -0.394 e. The third-order valence-corrected chi connectivity index (χ3v) is 3.91. The largest absolute Gasteiger partial charge is 0.394 e. The number of aliphatic hydroxyl groups excluding tert-OH is 1. The summed E-state index contributed by atoms with van der Waals surface area (Å²) in [4.78, 5) is 1.02. The Labute approximate surface area is 107 Å². The van der Waals surface area contributed by atoms with Gasteiger partial charge in [0.2, 0.25) is 0 Å². The Morgan fingerprint density at radius 3 is 2.53 bits per heavy atom. The maximum atomic E-state index is 12.7. The molecule has 0 fully saturated rings. The summed E-state index contributed by atoms with van der Waals surface area (Å²) in [5, 5.41) is 12.7. The second kappa shape index (κ2) is 6.99. The Hall–Kier alpha value is -0.580. The van der Waals surface area contributed by atoms with Crippen LogP contribution in [0, 0.1) is 5.82 Å². The molecule has 0 amide bonds. The predicted molar refractivity (Wildman–Crippen MR) is 70.9 cm³/mol. The highest BCUT2D eigenvalue weighted by Crippen LogP contribution is 2.22. The van der Waals surface area contributed by atoms with Gasteiger partial charge in [0.15, 0.2) is 0 Å². The quantitative estimate of drug-likeness (QED) is 0.737. The van der Waals surface area contributed by atoms with Gasteiger partial charge in [-0.05, 0) is 44.2 Å². The molecule has 2 nitrogen and oxygen atoms in total. The molecule has 0 radical (unpaired) electrons. The van der Waals surface area contributed by atoms with Gasteiger partial charge >= 0.3 is 0 Å². The van der Waals surface area contributed by atoms with E-state index < -0.39 is 0 Å². The van der Waals surface area contributed by atoms with Crippen molar-refractivity contribution in [2.45, 2.75) is 30.7 Å². The maximum Gasteiger partial charge on any atom is 0.123 e. The maximum absolute atomic E-state index is 12.7. The van der Waals surface area contributed by atoms with Gasteiger partial charge in [0.05, 0.1) is 6.61 Å². The van der Waals surface area contributed by atoms with Gasteiger partial charge in [0.1, 0.15) is 5.82 Å². The van der Waals surface area contributed by atoms with Gasteiger partial charge in [0.25, 0.3) is 0 Å². The molecule has 1 aromatic rings. The predicted octanol–water partition coefficient (Wildman–Crippen LogP) is 2.67. The fourth-order valence-corrected chi connectivity index (χ4v) is 2.36. The van der Waals surface area contributed by atoms with E-state index in [4.69, 9.17) is 0 Å². The number of halogens is 1. The van der Waals surface area contributed by atoms with E-state index in [-0.39, 0.29) is 18.0 Å². The van der Waals surface area contributed by atoms with Crippen LogP contribution in [-0.2, 0) is 0 Å². The number of benzene rings is 1. The average Bonchev–Trinajstić information content (AvgIpc) is 2.36. The lowest BCUT2D eigenvalue weighted by Gasteiger charge is -2.28. The van der Waals surface area contributed by atoms with Crippen LogP contribution in [0.3, 0.4) is 0 Å². The molecule has 96 valence electrons. The van der Waals surface area contributed by atoms with Gasteiger partial charge in [-0.25, -0.2) is 4.39 Å². The van der Waals surface area contributed by atoms with Gasteiger partial charge in [-0.15, -0.1) is 11.8 Å². The van der Waals surface area contributed by atoms with Crippen LogP contribution in [-0.4, -0.2) is 29.5 Å². The zero-order valence-electron chi connectivity index (χ0n) is 10.4. The molecule has 17 heavy (non-hydrogen) atoms. The highest BCUT2D eigenvalue weighted by molar-refractivity contribution is 7.99. The van der Waals surface area contributed by atoms with E-state index in [0.29, 0.717) is 0 Å². The van der Waals surface area contributed by atoms with Crippen molar-refractivity contribution < 1.29 is 9.50 Å². The SMILES string of the molecule is CCCNC(C)(CO)CSc1ccc(F)cc1. The third-order valence-electron chi connectivity index (χ3n) is 2.52. The van der Waals surface area contributed by atoms with Gasteiger partial charge in [-0.1, -0.05) is 6.92 Å². The molecule has 0 aliphatic heterocycles. The molecule has 2 N–H and O–H groups in total. The average molecular weight is 257 g/mol. The molecule has 0 saturated carbocycles. The first-order valence-electron chi connectivity index (χ1n) is 5.84. The lowest BCUT2D eigenvalue weighted by molar-refractivity contribution is 0.192. The van der Waals surface area contributed by atoms with Crippen LogP contribution in [0.4, 0.5) is 4.39 Å². The molecule has 0 heterocycles. The lowest BCUT2D eigenvalue weighted by atomic mass is 10.1. The van der Waals surface area contributed by atoms with Crippen molar-refractivity contribution in [2.75, 3.05) is 18.9 Å². The number of aliphatic hydroxyl groups is 1. The van der Waals surface area contributed by atoms with Crippen LogP contribution >= 0.6 is 11.8 Å². The van der Waals surface area contributed by atoms with Crippen LogP contribution in [0.25, 0.3) is 0 Å². The number of nitrogens with one attached hydrogen (secondary N) is 1. The highest BCUT2D eigenvalue weighted by atomic mass is 32.2. The van der Waals surface area contributed by atoms with Crippen LogP contribution in [0.15, 0.2) is 29.2 Å². The molecule has 1 aromatic carbocycles. The van der Waals surface area contributed by atoms with E-state index in [9.17, 15) is 9.50 Å². The van der Waals surface area contributed by atoms with Crippen LogP contribution < -0.4 is 5.32 Å². The molecular formula is C13H20FNOS. The minimum absolute atomic E-state index is 0.0984. The molecule has 0 aliphatic carbocycles. The summed E-state index contributed by atoms with van der Waals surface area (Å²) < 4.78 is 12.7. The Morgan fingerprint density at radius 2 is 2.00 bits per heavy atom. The molecule has 4 heteroatoms. The normalized spacial score (nSPS) is 14.6. The van der Waals surface area contributed by atoms with E-state index in [2.05, 4.69) is 12.2 Å². The second-order valence-electron chi connectivity index (χ2n) is 4.39. The summed E-state index contributed by atoms with van der Waals surface area (Å²) in [6, 6.07) is 6.44. The van der Waals surface area contributed by atoms with Gasteiger partial charge in [-0.3, -0.25) is 0 Å².